The molecule has 0 aromatic carbocycles. The number of carbonyl (C=O) groups is 2. The van der Waals surface area contributed by atoms with Crippen LogP contribution in [0.3, 0.4) is 0 Å². The van der Waals surface area contributed by atoms with E-state index in [1.165, 1.54) is 27.5 Å². The van der Waals surface area contributed by atoms with Crippen LogP contribution in [0, 0.1) is 0 Å². The zero-order chi connectivity index (χ0) is 20.6. The highest BCUT2D eigenvalue weighted by atomic mass is 35.5. The number of rotatable bonds is 2. The molecule has 4 aromatic heterocycles. The summed E-state index contributed by atoms with van der Waals surface area (Å²) in [7, 11) is 0. The summed E-state index contributed by atoms with van der Waals surface area (Å²) in [5.41, 5.74) is 5.22. The minimum absolute atomic E-state index is 0.189. The predicted octanol–water partition coefficient (Wildman–Crippen LogP) is 2.72. The summed E-state index contributed by atoms with van der Waals surface area (Å²) in [6, 6.07) is 3.02. The first kappa shape index (κ1) is 19.7. The molecule has 28 heavy (non-hydrogen) atoms. The van der Waals surface area contributed by atoms with Crippen molar-refractivity contribution in [3.05, 3.63) is 73.3 Å². The van der Waals surface area contributed by atoms with E-state index in [1.807, 2.05) is 0 Å². The van der Waals surface area contributed by atoms with Crippen LogP contribution in [-0.4, -0.2) is 36.2 Å². The SMILES string of the molecule is NC(=O)c1cnn2cc(Cl)cc2c1Cl.O=C(O)c1c[nH]n2cc(Cl)cc2c1=O. The van der Waals surface area contributed by atoms with Gasteiger partial charge in [-0.2, -0.15) is 5.10 Å². The standard InChI is InChI=1S/C8H5Cl2N3O.C8H5ClN2O3/c9-4-1-6-7(10)5(8(11)14)2-12-13(6)3-4;9-4-1-6-7(12)5(8(13)14)2-10-11(6)3-4/h1-3H,(H2,11,14);1-3,10H,(H,13,14). The number of fused-ring (bicyclic) bond motifs is 2. The molecule has 144 valence electrons. The second-order valence-electron chi connectivity index (χ2n) is 5.46. The highest BCUT2D eigenvalue weighted by Gasteiger charge is 2.13. The molecule has 0 bridgehead atoms. The summed E-state index contributed by atoms with van der Waals surface area (Å²) in [6.07, 6.45) is 5.53. The Labute approximate surface area is 170 Å². The average Bonchev–Trinajstić information content (AvgIpc) is 3.18. The molecule has 4 aromatic rings. The highest BCUT2D eigenvalue weighted by molar-refractivity contribution is 6.37. The smallest absolute Gasteiger partial charge is 0.341 e. The molecule has 4 rings (SSSR count). The van der Waals surface area contributed by atoms with Crippen molar-refractivity contribution in [1.82, 2.24) is 19.2 Å². The second-order valence-corrected chi connectivity index (χ2v) is 6.71. The van der Waals surface area contributed by atoms with Crippen molar-refractivity contribution in [3.63, 3.8) is 0 Å². The van der Waals surface area contributed by atoms with Gasteiger partial charge in [0.25, 0.3) is 5.91 Å². The van der Waals surface area contributed by atoms with Gasteiger partial charge in [0.2, 0.25) is 5.43 Å². The van der Waals surface area contributed by atoms with Crippen molar-refractivity contribution in [3.8, 4) is 0 Å². The Hall–Kier alpha value is -3.01. The van der Waals surface area contributed by atoms with Gasteiger partial charge in [-0.05, 0) is 12.1 Å². The lowest BCUT2D eigenvalue weighted by Crippen LogP contribution is -2.17. The van der Waals surface area contributed by atoms with E-state index >= 15 is 0 Å². The van der Waals surface area contributed by atoms with Gasteiger partial charge in [0.1, 0.15) is 11.1 Å². The van der Waals surface area contributed by atoms with Gasteiger partial charge in [0, 0.05) is 18.6 Å². The van der Waals surface area contributed by atoms with Crippen LogP contribution in [0.15, 0.2) is 41.7 Å². The first-order valence-electron chi connectivity index (χ1n) is 7.44. The molecule has 0 aliphatic carbocycles. The molecule has 0 fully saturated rings. The number of carboxylic acid groups (broad SMARTS) is 1. The average molecular weight is 443 g/mol. The Morgan fingerprint density at radius 2 is 1.71 bits per heavy atom. The third-order valence-electron chi connectivity index (χ3n) is 3.65. The third kappa shape index (κ3) is 3.68. The summed E-state index contributed by atoms with van der Waals surface area (Å²) in [5, 5.41) is 16.4. The summed E-state index contributed by atoms with van der Waals surface area (Å²) in [6.45, 7) is 0. The van der Waals surface area contributed by atoms with Crippen molar-refractivity contribution in [2.45, 2.75) is 0 Å². The van der Waals surface area contributed by atoms with Gasteiger partial charge in [-0.25, -0.2) is 9.31 Å². The first-order chi connectivity index (χ1) is 13.2. The highest BCUT2D eigenvalue weighted by Crippen LogP contribution is 2.24. The van der Waals surface area contributed by atoms with Gasteiger partial charge in [-0.3, -0.25) is 14.1 Å². The number of aromatic carboxylic acids is 1. The number of hydrogen-bond acceptors (Lipinski definition) is 4. The molecule has 0 saturated heterocycles. The zero-order valence-electron chi connectivity index (χ0n) is 13.7. The molecular formula is C16H10Cl3N5O4. The fourth-order valence-corrected chi connectivity index (χ4v) is 3.05. The van der Waals surface area contributed by atoms with Gasteiger partial charge in [-0.15, -0.1) is 0 Å². The number of nitrogens with two attached hydrogens (primary N) is 1. The van der Waals surface area contributed by atoms with Gasteiger partial charge < -0.3 is 15.9 Å². The number of hydrogen-bond donors (Lipinski definition) is 3. The Morgan fingerprint density at radius 3 is 2.36 bits per heavy atom. The zero-order valence-corrected chi connectivity index (χ0v) is 16.0. The molecule has 4 N–H and O–H groups in total. The van der Waals surface area contributed by atoms with Gasteiger partial charge >= 0.3 is 5.97 Å². The maximum Gasteiger partial charge on any atom is 0.341 e. The largest absolute Gasteiger partial charge is 0.477 e. The maximum atomic E-state index is 11.5. The number of carbonyl (C=O) groups excluding carboxylic acids is 1. The number of H-pyrrole nitrogens is 1. The number of nitrogens with one attached hydrogen (secondary N) is 1. The summed E-state index contributed by atoms with van der Waals surface area (Å²) < 4.78 is 2.86. The van der Waals surface area contributed by atoms with Crippen LogP contribution in [-0.2, 0) is 0 Å². The number of aromatic amines is 1. The monoisotopic (exact) mass is 441 g/mol. The van der Waals surface area contributed by atoms with Crippen molar-refractivity contribution < 1.29 is 14.7 Å². The molecule has 0 radical (unpaired) electrons. The molecule has 12 heteroatoms. The second kappa shape index (κ2) is 7.55. The van der Waals surface area contributed by atoms with E-state index in [-0.39, 0.29) is 21.7 Å². The van der Waals surface area contributed by atoms with E-state index in [9.17, 15) is 14.4 Å². The summed E-state index contributed by atoms with van der Waals surface area (Å²) >= 11 is 17.3. The van der Waals surface area contributed by atoms with E-state index in [2.05, 4.69) is 10.2 Å². The Morgan fingerprint density at radius 1 is 1.07 bits per heavy atom. The molecule has 9 nitrogen and oxygen atoms in total. The molecular weight excluding hydrogens is 433 g/mol. The normalized spacial score (nSPS) is 10.7. The van der Waals surface area contributed by atoms with Crippen LogP contribution in [0.2, 0.25) is 15.1 Å². The molecule has 0 aliphatic rings. The van der Waals surface area contributed by atoms with E-state index in [0.717, 1.165) is 6.20 Å². The number of carboxylic acids is 1. The van der Waals surface area contributed by atoms with Gasteiger partial charge in [0.15, 0.2) is 0 Å². The number of halogens is 3. The Kier molecular flexibility index (Phi) is 5.32. The van der Waals surface area contributed by atoms with Gasteiger partial charge in [0.05, 0.1) is 32.3 Å². The predicted molar refractivity (Wildman–Crippen MR) is 104 cm³/mol. The summed E-state index contributed by atoms with van der Waals surface area (Å²) in [5.74, 6) is -1.87. The number of aromatic nitrogens is 4. The van der Waals surface area contributed by atoms with E-state index in [1.54, 1.807) is 12.3 Å². The van der Waals surface area contributed by atoms with E-state index in [4.69, 9.17) is 45.6 Å². The maximum absolute atomic E-state index is 11.5. The molecule has 0 spiro atoms. The quantitative estimate of drug-likeness (QED) is 0.439. The minimum atomic E-state index is -1.26. The van der Waals surface area contributed by atoms with Crippen LogP contribution in [0.4, 0.5) is 0 Å². The van der Waals surface area contributed by atoms with Crippen molar-refractivity contribution in [2.75, 3.05) is 0 Å². The number of primary amides is 1. The van der Waals surface area contributed by atoms with Crippen LogP contribution in [0.1, 0.15) is 20.7 Å². The van der Waals surface area contributed by atoms with Crippen molar-refractivity contribution >= 4 is 57.7 Å². The fourth-order valence-electron chi connectivity index (χ4n) is 2.37. The summed E-state index contributed by atoms with van der Waals surface area (Å²) in [4.78, 5) is 33.0. The Bertz CT molecular complexity index is 1290. The fraction of sp³-hybridized carbons (Fsp3) is 0. The molecule has 0 unspecified atom stereocenters. The molecule has 0 aliphatic heterocycles. The van der Waals surface area contributed by atoms with Crippen LogP contribution >= 0.6 is 34.8 Å². The van der Waals surface area contributed by atoms with E-state index < -0.39 is 17.3 Å². The van der Waals surface area contributed by atoms with Gasteiger partial charge in [-0.1, -0.05) is 34.8 Å². The van der Waals surface area contributed by atoms with Crippen molar-refractivity contribution in [2.24, 2.45) is 5.73 Å². The number of nitrogens with zero attached hydrogens (tertiary/aromatic N) is 3. The van der Waals surface area contributed by atoms with E-state index in [0.29, 0.717) is 15.6 Å². The lowest BCUT2D eigenvalue weighted by atomic mass is 10.3. The van der Waals surface area contributed by atoms with Crippen LogP contribution < -0.4 is 11.2 Å². The van der Waals surface area contributed by atoms with Crippen LogP contribution in [0.5, 0.6) is 0 Å². The topological polar surface area (TPSA) is 135 Å². The molecule has 1 amide bonds. The lowest BCUT2D eigenvalue weighted by molar-refractivity contribution is 0.0694. The number of amides is 1. The molecule has 4 heterocycles. The lowest BCUT2D eigenvalue weighted by Gasteiger charge is -2.00. The molecule has 0 saturated carbocycles. The third-order valence-corrected chi connectivity index (χ3v) is 4.46. The molecule has 0 atom stereocenters. The minimum Gasteiger partial charge on any atom is -0.477 e. The van der Waals surface area contributed by atoms with Crippen molar-refractivity contribution in [1.29, 1.82) is 0 Å². The Balaban J connectivity index is 0.000000161. The van der Waals surface area contributed by atoms with Crippen LogP contribution in [0.25, 0.3) is 11.0 Å². The first-order valence-corrected chi connectivity index (χ1v) is 8.57.